The molecule has 0 aromatic heterocycles. The van der Waals surface area contributed by atoms with Gasteiger partial charge in [-0.3, -0.25) is 13.2 Å². The number of ether oxygens (including phenoxy) is 17. The van der Waals surface area contributed by atoms with E-state index in [1.165, 1.54) is 6.92 Å². The maximum absolute atomic E-state index is 14.1. The van der Waals surface area contributed by atoms with Gasteiger partial charge in [0, 0.05) is 59.6 Å². The molecule has 0 N–H and O–H groups in total. The summed E-state index contributed by atoms with van der Waals surface area (Å²) in [5.41, 5.74) is 2.98. The van der Waals surface area contributed by atoms with Gasteiger partial charge in [0.15, 0.2) is 38.2 Å². The summed E-state index contributed by atoms with van der Waals surface area (Å²) >= 11 is 0. The van der Waals surface area contributed by atoms with E-state index < -0.39 is 170 Å². The summed E-state index contributed by atoms with van der Waals surface area (Å²) in [5, 5.41) is 0. The number of esters is 1. The number of hydrogen-bond donors (Lipinski definition) is 0. The Morgan fingerprint density at radius 2 is 0.798 bits per heavy atom. The smallest absolute Gasteiger partial charge is 0.306 e. The van der Waals surface area contributed by atoms with E-state index in [9.17, 15) is 26.4 Å². The summed E-state index contributed by atoms with van der Waals surface area (Å²) < 4.78 is 179. The zero-order chi connectivity index (χ0) is 77.2. The van der Waals surface area contributed by atoms with Gasteiger partial charge in [0.05, 0.1) is 86.8 Å². The third kappa shape index (κ3) is 26.2. The van der Waals surface area contributed by atoms with Crippen molar-refractivity contribution < 1.29 is 115 Å². The van der Waals surface area contributed by atoms with E-state index in [4.69, 9.17) is 88.9 Å². The number of benzene rings is 5. The zero-order valence-electron chi connectivity index (χ0n) is 64.1. The second-order valence-corrected chi connectivity index (χ2v) is 39.2. The third-order valence-electron chi connectivity index (χ3n) is 20.1. The van der Waals surface area contributed by atoms with Crippen molar-refractivity contribution in [2.75, 3.05) is 13.4 Å². The van der Waals surface area contributed by atoms with Gasteiger partial charge in [0.1, 0.15) is 59.3 Å². The van der Waals surface area contributed by atoms with Gasteiger partial charge in [-0.15, -0.1) is 0 Å². The van der Waals surface area contributed by atoms with Crippen LogP contribution in [0.4, 0.5) is 0 Å². The Balaban J connectivity index is 0.748. The molecule has 22 atom stereocenters. The van der Waals surface area contributed by atoms with Crippen LogP contribution >= 0.6 is 0 Å². The van der Waals surface area contributed by atoms with Crippen LogP contribution in [0.5, 0.6) is 11.5 Å². The standard InChI is InChI=1S/C81H110O25S2Si/c1-52(82)31-38-71(83)99-65-36-39-72(92-53(65)2)101-69-45-77(97-57(6)80(69)105-107(84,85)49-61-27-19-13-20-28-61)104-79-56(5)95-75(44-68(79)90-48-60-25-17-12-18-26-60)100-66-37-40-73(93-54(66)3)102-70-46-76(96-58(7)81(70)106-108(86,87)50-62-29-21-14-22-30-62)103-78-55(4)94-74(43-67(78)89-47-59-23-15-11-16-24-59)98-64-34-32-63(33-35-64)91-51-88-41-42-109(8,9)10/h11-30,32-35,53-58,65-70,72-81H,31,36-51H2,1-10H3/t53-,54-,55+,56+,57+,58+,65-,66-,67+,68+,69+,70+,72-,73-,74-,75+,76-,77-,78+,79+,80+,81+/m0/s1. The fourth-order valence-electron chi connectivity index (χ4n) is 14.3. The number of ketones is 1. The Morgan fingerprint density at radius 3 is 1.25 bits per heavy atom. The molecule has 11 rings (SSSR count). The first-order valence-electron chi connectivity index (χ1n) is 38.3. The summed E-state index contributed by atoms with van der Waals surface area (Å²) in [6.45, 7) is 20.5. The lowest BCUT2D eigenvalue weighted by atomic mass is 9.99. The van der Waals surface area contributed by atoms with Crippen LogP contribution in [0.25, 0.3) is 0 Å². The van der Waals surface area contributed by atoms with Crippen LogP contribution in [0, 0.1) is 0 Å². The van der Waals surface area contributed by atoms with Crippen LogP contribution in [-0.2, 0) is 134 Å². The van der Waals surface area contributed by atoms with E-state index in [2.05, 4.69) is 19.6 Å². The lowest BCUT2D eigenvalue weighted by Crippen LogP contribution is -2.57. The predicted molar refractivity (Wildman–Crippen MR) is 402 cm³/mol. The molecule has 109 heavy (non-hydrogen) atoms. The van der Waals surface area contributed by atoms with Crippen molar-refractivity contribution in [3.8, 4) is 11.5 Å². The van der Waals surface area contributed by atoms with Gasteiger partial charge in [-0.25, -0.2) is 0 Å². The molecule has 6 saturated heterocycles. The molecule has 5 aromatic carbocycles. The third-order valence-corrected chi connectivity index (χ3v) is 24.2. The van der Waals surface area contributed by atoms with E-state index in [1.54, 1.807) is 75.4 Å². The molecule has 0 radical (unpaired) electrons. The Kier molecular flexibility index (Phi) is 30.8. The van der Waals surface area contributed by atoms with Crippen LogP contribution < -0.4 is 9.47 Å². The molecule has 0 bridgehead atoms. The highest BCUT2D eigenvalue weighted by Crippen LogP contribution is 2.40. The summed E-state index contributed by atoms with van der Waals surface area (Å²) in [5.74, 6) is -0.177. The SMILES string of the molecule is CC(=O)CCC(=O)O[C@H]1CC[C@H](O[C@@H]2C[C@H](O[C@@H]3[C@@H](C)O[C@H](O[C@H]4CC[C@H](O[C@@H]5C[C@H](O[C@@H]6[C@@H](C)O[C@@H](Oc7ccc(OCOCC[Si](C)(C)C)cc7)C[C@H]6OCc6ccccc6)O[C@H](C)[C@H]5OS(=O)(=O)Cc5ccccc5)O[C@H]4C)C[C@H]3OCc3ccccc3)O[C@H](C)[C@H]2OS(=O)(=O)Cc2ccccc2)O[C@H]1C. The molecule has 0 spiro atoms. The molecule has 0 aliphatic carbocycles. The second kappa shape index (κ2) is 39.9. The first-order chi connectivity index (χ1) is 52.2. The molecule has 25 nitrogen and oxygen atoms in total. The van der Waals surface area contributed by atoms with Crippen molar-refractivity contribution in [3.63, 3.8) is 0 Å². The van der Waals surface area contributed by atoms with Crippen molar-refractivity contribution in [1.82, 2.24) is 0 Å². The predicted octanol–water partition coefficient (Wildman–Crippen LogP) is 12.6. The van der Waals surface area contributed by atoms with E-state index in [1.807, 2.05) is 112 Å². The van der Waals surface area contributed by atoms with Gasteiger partial charge < -0.3 is 85.3 Å². The molecule has 6 aliphatic heterocycles. The van der Waals surface area contributed by atoms with Gasteiger partial charge in [-0.1, -0.05) is 141 Å². The largest absolute Gasteiger partial charge is 0.468 e. The minimum atomic E-state index is -4.22. The van der Waals surface area contributed by atoms with Crippen molar-refractivity contribution in [1.29, 1.82) is 0 Å². The number of rotatable bonds is 36. The normalized spacial score (nSPS) is 32.0. The molecule has 6 heterocycles. The minimum Gasteiger partial charge on any atom is -0.468 e. The summed E-state index contributed by atoms with van der Waals surface area (Å²) in [6, 6.07) is 45.4. The molecule has 6 aliphatic rings. The highest BCUT2D eigenvalue weighted by atomic mass is 32.2. The lowest BCUT2D eigenvalue weighted by Gasteiger charge is -2.46. The molecule has 6 fully saturated rings. The Labute approximate surface area is 643 Å². The molecule has 5 aromatic rings. The van der Waals surface area contributed by atoms with Crippen molar-refractivity contribution in [2.45, 2.75) is 298 Å². The lowest BCUT2D eigenvalue weighted by molar-refractivity contribution is -0.342. The van der Waals surface area contributed by atoms with Crippen LogP contribution in [0.3, 0.4) is 0 Å². The van der Waals surface area contributed by atoms with E-state index in [0.717, 1.165) is 17.2 Å². The molecule has 28 heteroatoms. The van der Waals surface area contributed by atoms with Crippen LogP contribution in [0.1, 0.15) is 135 Å². The van der Waals surface area contributed by atoms with Gasteiger partial charge >= 0.3 is 5.97 Å². The molecular formula is C81H110O25S2Si. The van der Waals surface area contributed by atoms with Crippen molar-refractivity contribution >= 4 is 40.1 Å². The van der Waals surface area contributed by atoms with Crippen molar-refractivity contribution in [2.24, 2.45) is 0 Å². The molecule has 0 saturated carbocycles. The van der Waals surface area contributed by atoms with Crippen LogP contribution in [0.2, 0.25) is 25.7 Å². The average Bonchev–Trinajstić information content (AvgIpc) is 0.799. The Hall–Kier alpha value is -5.68. The number of Topliss-reactive ketones (excluding diaryl/α,β-unsaturated/α-hetero) is 1. The first-order valence-corrected chi connectivity index (χ1v) is 45.1. The number of carbonyl (C=O) groups excluding carboxylic acids is 2. The van der Waals surface area contributed by atoms with Crippen molar-refractivity contribution in [3.05, 3.63) is 168 Å². The fourth-order valence-corrected chi connectivity index (χ4v) is 17.6. The monoisotopic (exact) mass is 1570 g/mol. The van der Waals surface area contributed by atoms with Gasteiger partial charge in [0.2, 0.25) is 6.29 Å². The van der Waals surface area contributed by atoms with Gasteiger partial charge in [-0.2, -0.15) is 16.8 Å². The minimum absolute atomic E-state index is 0.0129. The molecular weight excluding hydrogens is 1470 g/mol. The van der Waals surface area contributed by atoms with E-state index >= 15 is 0 Å². The Bertz CT molecular complexity index is 3810. The quantitative estimate of drug-likeness (QED) is 0.0118. The molecule has 0 unspecified atom stereocenters. The number of hydrogen-bond acceptors (Lipinski definition) is 25. The summed E-state index contributed by atoms with van der Waals surface area (Å²) in [4.78, 5) is 24.3. The second-order valence-electron chi connectivity index (χ2n) is 30.4. The van der Waals surface area contributed by atoms with Gasteiger partial charge in [0.25, 0.3) is 20.2 Å². The summed E-state index contributed by atoms with van der Waals surface area (Å²) in [6.07, 6.45) is -15.1. The number of carbonyl (C=O) groups is 2. The molecule has 0 amide bonds. The highest BCUT2D eigenvalue weighted by molar-refractivity contribution is 7.86. The van der Waals surface area contributed by atoms with Crippen LogP contribution in [0.15, 0.2) is 146 Å². The molecule has 600 valence electrons. The van der Waals surface area contributed by atoms with Crippen LogP contribution in [-0.4, -0.2) is 185 Å². The average molecular weight is 1580 g/mol. The highest BCUT2D eigenvalue weighted by Gasteiger charge is 2.50. The fraction of sp³-hybridized carbons (Fsp3) is 0.605. The summed E-state index contributed by atoms with van der Waals surface area (Å²) in [7, 11) is -9.66. The van der Waals surface area contributed by atoms with E-state index in [-0.39, 0.29) is 69.4 Å². The maximum atomic E-state index is 14.1. The van der Waals surface area contributed by atoms with Gasteiger partial charge in [-0.05, 0) is 114 Å². The van der Waals surface area contributed by atoms with E-state index in [0.29, 0.717) is 61.3 Å². The zero-order valence-corrected chi connectivity index (χ0v) is 66.7. The maximum Gasteiger partial charge on any atom is 0.306 e. The topological polar surface area (TPSA) is 278 Å². The Morgan fingerprint density at radius 1 is 0.413 bits per heavy atom. The first kappa shape index (κ1) is 84.2.